The smallest absolute Gasteiger partial charge is 0.266 e. The first kappa shape index (κ1) is 19.3. The molecule has 2 amide bonds. The van der Waals surface area contributed by atoms with Crippen molar-refractivity contribution in [1.29, 1.82) is 0 Å². The van der Waals surface area contributed by atoms with Gasteiger partial charge in [0.25, 0.3) is 11.8 Å². The molecule has 0 unspecified atom stereocenters. The van der Waals surface area contributed by atoms with E-state index in [1.807, 2.05) is 0 Å². The summed E-state index contributed by atoms with van der Waals surface area (Å²) in [5, 5.41) is 1.13. The molecule has 27 heavy (non-hydrogen) atoms. The lowest BCUT2D eigenvalue weighted by molar-refractivity contribution is -0.0570. The molecule has 0 bridgehead atoms. The van der Waals surface area contributed by atoms with E-state index in [0.717, 1.165) is 19.3 Å². The number of nitrogens with zero attached hydrogens (tertiary/aromatic N) is 1. The molecule has 0 fully saturated rings. The fourth-order valence-electron chi connectivity index (χ4n) is 2.75. The van der Waals surface area contributed by atoms with E-state index in [4.69, 9.17) is 0 Å². The van der Waals surface area contributed by atoms with Gasteiger partial charge in [0.2, 0.25) is 0 Å². The SMILES string of the molecule is CCCCC#Cc1ccc2c3c(cccc13)C(=O)N(OSC(F)(F)F)C2=O. The van der Waals surface area contributed by atoms with Crippen LogP contribution in [0.3, 0.4) is 0 Å². The first-order valence-electron chi connectivity index (χ1n) is 8.19. The summed E-state index contributed by atoms with van der Waals surface area (Å²) in [7, 11) is 0. The Morgan fingerprint density at radius 2 is 1.81 bits per heavy atom. The van der Waals surface area contributed by atoms with E-state index in [2.05, 4.69) is 23.0 Å². The van der Waals surface area contributed by atoms with Crippen molar-refractivity contribution in [3.63, 3.8) is 0 Å². The number of hydrogen-bond donors (Lipinski definition) is 0. The number of rotatable bonds is 4. The first-order valence-corrected chi connectivity index (χ1v) is 8.93. The third-order valence-electron chi connectivity index (χ3n) is 3.96. The van der Waals surface area contributed by atoms with Crippen molar-refractivity contribution < 1.29 is 27.0 Å². The third-order valence-corrected chi connectivity index (χ3v) is 4.37. The maximum atomic E-state index is 12.5. The Morgan fingerprint density at radius 1 is 1.11 bits per heavy atom. The van der Waals surface area contributed by atoms with Gasteiger partial charge in [-0.15, -0.1) is 5.06 Å². The number of hydroxylamine groups is 2. The van der Waals surface area contributed by atoms with Crippen molar-refractivity contribution in [1.82, 2.24) is 5.06 Å². The lowest BCUT2D eigenvalue weighted by Crippen LogP contribution is -2.39. The molecule has 0 aromatic heterocycles. The van der Waals surface area contributed by atoms with E-state index in [1.165, 1.54) is 12.1 Å². The number of amides is 2. The third kappa shape index (κ3) is 3.94. The number of imide groups is 1. The van der Waals surface area contributed by atoms with Crippen LogP contribution in [0, 0.1) is 11.8 Å². The minimum Gasteiger partial charge on any atom is -0.266 e. The number of hydrogen-bond acceptors (Lipinski definition) is 4. The molecule has 0 radical (unpaired) electrons. The number of carbonyl (C=O) groups excluding carboxylic acids is 2. The molecule has 0 spiro atoms. The highest BCUT2D eigenvalue weighted by atomic mass is 32.2. The van der Waals surface area contributed by atoms with Gasteiger partial charge in [-0.1, -0.05) is 37.3 Å². The molecule has 0 saturated heterocycles. The average molecular weight is 393 g/mol. The Labute approximate surface area is 157 Å². The lowest BCUT2D eigenvalue weighted by Gasteiger charge is -2.25. The molecule has 0 saturated carbocycles. The minimum atomic E-state index is -4.75. The summed E-state index contributed by atoms with van der Waals surface area (Å²) >= 11 is -0.907. The number of carbonyl (C=O) groups is 2. The second-order valence-corrected chi connectivity index (χ2v) is 6.58. The topological polar surface area (TPSA) is 46.6 Å². The number of unbranched alkanes of at least 4 members (excludes halogenated alkanes) is 2. The highest BCUT2D eigenvalue weighted by Gasteiger charge is 2.39. The summed E-state index contributed by atoms with van der Waals surface area (Å²) in [6, 6.07) is 7.86. The summed E-state index contributed by atoms with van der Waals surface area (Å²) in [4.78, 5) is 25.0. The Balaban J connectivity index is 2.03. The fourth-order valence-corrected chi connectivity index (χ4v) is 3.05. The van der Waals surface area contributed by atoms with E-state index < -0.39 is 29.4 Å². The van der Waals surface area contributed by atoms with Crippen molar-refractivity contribution in [2.24, 2.45) is 0 Å². The summed E-state index contributed by atoms with van der Waals surface area (Å²) in [5.41, 5.74) is -3.89. The standard InChI is InChI=1S/C19H14F3NO3S/c1-2-3-4-5-7-12-10-11-15-16-13(12)8-6-9-14(16)17(24)23(18(15)25)26-27-19(20,21)22/h6,8-11H,2-4H2,1H3. The quantitative estimate of drug-likeness (QED) is 0.315. The van der Waals surface area contributed by atoms with Gasteiger partial charge in [0.15, 0.2) is 0 Å². The highest BCUT2D eigenvalue weighted by molar-refractivity contribution is 7.95. The molecule has 2 aromatic rings. The van der Waals surface area contributed by atoms with E-state index in [-0.39, 0.29) is 16.2 Å². The summed E-state index contributed by atoms with van der Waals surface area (Å²) in [5.74, 6) is 4.22. The summed E-state index contributed by atoms with van der Waals surface area (Å²) < 4.78 is 41.5. The summed E-state index contributed by atoms with van der Waals surface area (Å²) in [6.07, 6.45) is 2.72. The molecular formula is C19H14F3NO3S. The van der Waals surface area contributed by atoms with Gasteiger partial charge in [-0.3, -0.25) is 9.59 Å². The van der Waals surface area contributed by atoms with Gasteiger partial charge >= 0.3 is 5.51 Å². The zero-order chi connectivity index (χ0) is 19.6. The van der Waals surface area contributed by atoms with E-state index in [0.29, 0.717) is 16.3 Å². The normalized spacial score (nSPS) is 13.7. The largest absolute Gasteiger partial charge is 0.470 e. The molecule has 8 heteroatoms. The second-order valence-electron chi connectivity index (χ2n) is 5.80. The van der Waals surface area contributed by atoms with Crippen LogP contribution < -0.4 is 0 Å². The Bertz CT molecular complexity index is 954. The van der Waals surface area contributed by atoms with Crippen LogP contribution in [0.4, 0.5) is 13.2 Å². The van der Waals surface area contributed by atoms with Gasteiger partial charge in [-0.05, 0) is 30.0 Å². The molecule has 1 aliphatic heterocycles. The lowest BCUT2D eigenvalue weighted by atomic mass is 9.92. The van der Waals surface area contributed by atoms with Crippen LogP contribution in [0.25, 0.3) is 10.8 Å². The number of alkyl halides is 3. The maximum absolute atomic E-state index is 12.5. The van der Waals surface area contributed by atoms with Crippen LogP contribution in [0.2, 0.25) is 0 Å². The number of halogens is 3. The van der Waals surface area contributed by atoms with Crippen molar-refractivity contribution in [3.05, 3.63) is 47.0 Å². The van der Waals surface area contributed by atoms with Crippen LogP contribution in [0.5, 0.6) is 0 Å². The second kappa shape index (κ2) is 7.62. The zero-order valence-electron chi connectivity index (χ0n) is 14.2. The molecule has 4 nitrogen and oxygen atoms in total. The average Bonchev–Trinajstić information content (AvgIpc) is 2.62. The van der Waals surface area contributed by atoms with Gasteiger partial charge < -0.3 is 0 Å². The summed E-state index contributed by atoms with van der Waals surface area (Å²) in [6.45, 7) is 2.06. The predicted octanol–water partition coefficient (Wildman–Crippen LogP) is 5.08. The first-order chi connectivity index (χ1) is 12.8. The maximum Gasteiger partial charge on any atom is 0.470 e. The molecule has 140 valence electrons. The molecule has 3 rings (SSSR count). The van der Waals surface area contributed by atoms with Gasteiger partial charge in [-0.25, -0.2) is 0 Å². The van der Waals surface area contributed by atoms with Crippen molar-refractivity contribution in [2.45, 2.75) is 31.7 Å². The molecule has 0 aliphatic carbocycles. The molecular weight excluding hydrogens is 379 g/mol. The van der Waals surface area contributed by atoms with Crippen LogP contribution in [-0.4, -0.2) is 22.4 Å². The van der Waals surface area contributed by atoms with Crippen molar-refractivity contribution in [2.75, 3.05) is 0 Å². The zero-order valence-corrected chi connectivity index (χ0v) is 15.0. The van der Waals surface area contributed by atoms with Crippen LogP contribution in [-0.2, 0) is 4.28 Å². The van der Waals surface area contributed by atoms with Crippen LogP contribution in [0.15, 0.2) is 30.3 Å². The van der Waals surface area contributed by atoms with Crippen LogP contribution in [0.1, 0.15) is 52.5 Å². The molecule has 2 aromatic carbocycles. The van der Waals surface area contributed by atoms with Gasteiger partial charge in [0.1, 0.15) is 12.0 Å². The van der Waals surface area contributed by atoms with Crippen molar-refractivity contribution >= 4 is 34.6 Å². The predicted molar refractivity (Wildman–Crippen MR) is 95.6 cm³/mol. The minimum absolute atomic E-state index is 0.0992. The molecule has 0 atom stereocenters. The van der Waals surface area contributed by atoms with Crippen LogP contribution >= 0.6 is 12.0 Å². The fraction of sp³-hybridized carbons (Fsp3) is 0.263. The Morgan fingerprint density at radius 3 is 2.48 bits per heavy atom. The van der Waals surface area contributed by atoms with Gasteiger partial charge in [-0.2, -0.15) is 17.5 Å². The monoisotopic (exact) mass is 393 g/mol. The molecule has 1 heterocycles. The van der Waals surface area contributed by atoms with Gasteiger partial charge in [0.05, 0.1) is 11.1 Å². The molecule has 1 aliphatic rings. The Kier molecular flexibility index (Phi) is 5.44. The van der Waals surface area contributed by atoms with Gasteiger partial charge in [0, 0.05) is 17.4 Å². The molecule has 0 N–H and O–H groups in total. The highest BCUT2D eigenvalue weighted by Crippen LogP contribution is 2.36. The van der Waals surface area contributed by atoms with E-state index in [9.17, 15) is 22.8 Å². The van der Waals surface area contributed by atoms with E-state index >= 15 is 0 Å². The number of benzene rings is 2. The van der Waals surface area contributed by atoms with Crippen molar-refractivity contribution in [3.8, 4) is 11.8 Å². The Hall–Kier alpha value is -2.50. The van der Waals surface area contributed by atoms with E-state index in [1.54, 1.807) is 18.2 Å².